The average molecular weight is 412 g/mol. The molecule has 0 aliphatic heterocycles. The third kappa shape index (κ3) is 30.7. The minimum absolute atomic E-state index is 0.106. The Balaban J connectivity index is 0. The van der Waals surface area contributed by atoms with Crippen LogP contribution in [0, 0.1) is 0 Å². The second-order valence-electron chi connectivity index (χ2n) is 7.17. The summed E-state index contributed by atoms with van der Waals surface area (Å²) in [6, 6.07) is 0. The maximum absolute atomic E-state index is 10.1. The van der Waals surface area contributed by atoms with Gasteiger partial charge in [-0.2, -0.15) is 8.42 Å². The van der Waals surface area contributed by atoms with Crippen LogP contribution in [0.15, 0.2) is 0 Å². The van der Waals surface area contributed by atoms with Crippen LogP contribution in [0.5, 0.6) is 0 Å². The molecule has 0 aliphatic rings. The fourth-order valence-corrected chi connectivity index (χ4v) is 3.16. The lowest BCUT2D eigenvalue weighted by Crippen LogP contribution is -2.26. The van der Waals surface area contributed by atoms with Crippen molar-refractivity contribution in [2.75, 3.05) is 6.61 Å². The normalized spacial score (nSPS) is 12.5. The quantitative estimate of drug-likeness (QED) is 0.159. The van der Waals surface area contributed by atoms with Gasteiger partial charge in [-0.25, -0.2) is 4.18 Å². The van der Waals surface area contributed by atoms with E-state index in [0.29, 0.717) is 19.3 Å². The Kier molecular flexibility index (Phi) is 23.7. The molecule has 0 spiro atoms. The third-order valence-corrected chi connectivity index (χ3v) is 4.84. The summed E-state index contributed by atoms with van der Waals surface area (Å²) in [6.45, 7) is 4.68. The van der Waals surface area contributed by atoms with Crippen molar-refractivity contribution in [2.24, 2.45) is 5.73 Å². The minimum Gasteiger partial charge on any atom is -0.396 e. The summed E-state index contributed by atoms with van der Waals surface area (Å²) in [5.74, 6) is 0. The molecule has 166 valence electrons. The molecule has 27 heavy (non-hydrogen) atoms. The Bertz CT molecular complexity index is 365. The van der Waals surface area contributed by atoms with Gasteiger partial charge in [0.25, 0.3) is 0 Å². The molecule has 0 fully saturated rings. The average Bonchev–Trinajstić information content (AvgIpc) is 2.59. The highest BCUT2D eigenvalue weighted by molar-refractivity contribution is 7.80. The standard InChI is InChI=1S/C14H30.C6H15NO5S/c1-3-5-7-9-11-13-14-12-10-8-6-4-2;7-6(12-13(9,10)11)4-2-1-3-5-8/h3-14H2,1-2H3;6,8H,1-5,7H2,(H,9,10,11). The summed E-state index contributed by atoms with van der Waals surface area (Å²) in [7, 11) is -4.44. The van der Waals surface area contributed by atoms with Gasteiger partial charge in [0, 0.05) is 6.61 Å². The van der Waals surface area contributed by atoms with E-state index in [1.807, 2.05) is 0 Å². The number of hydrogen-bond donors (Lipinski definition) is 3. The molecule has 0 amide bonds. The zero-order valence-corrected chi connectivity index (χ0v) is 18.5. The molecule has 0 saturated heterocycles. The third-order valence-electron chi connectivity index (χ3n) is 4.35. The second kappa shape index (κ2) is 22.1. The fourth-order valence-electron chi connectivity index (χ4n) is 2.75. The monoisotopic (exact) mass is 411 g/mol. The van der Waals surface area contributed by atoms with Gasteiger partial charge in [-0.05, 0) is 19.3 Å². The van der Waals surface area contributed by atoms with E-state index in [1.54, 1.807) is 0 Å². The van der Waals surface area contributed by atoms with Crippen LogP contribution in [0.2, 0.25) is 0 Å². The lowest BCUT2D eigenvalue weighted by atomic mass is 10.1. The van der Waals surface area contributed by atoms with Crippen molar-refractivity contribution < 1.29 is 22.3 Å². The van der Waals surface area contributed by atoms with Gasteiger partial charge in [0.15, 0.2) is 0 Å². The van der Waals surface area contributed by atoms with E-state index in [0.717, 1.165) is 6.42 Å². The van der Waals surface area contributed by atoms with Gasteiger partial charge in [0.05, 0.1) is 0 Å². The molecule has 0 aromatic rings. The zero-order chi connectivity index (χ0) is 20.8. The van der Waals surface area contributed by atoms with E-state index in [-0.39, 0.29) is 6.61 Å². The molecule has 0 aromatic heterocycles. The van der Waals surface area contributed by atoms with Gasteiger partial charge in [-0.3, -0.25) is 4.55 Å². The Morgan fingerprint density at radius 3 is 1.44 bits per heavy atom. The smallest absolute Gasteiger partial charge is 0.396 e. The van der Waals surface area contributed by atoms with Crippen LogP contribution in [-0.2, 0) is 14.6 Å². The molecule has 4 N–H and O–H groups in total. The van der Waals surface area contributed by atoms with Crippen LogP contribution >= 0.6 is 0 Å². The van der Waals surface area contributed by atoms with Gasteiger partial charge < -0.3 is 10.8 Å². The Morgan fingerprint density at radius 2 is 1.11 bits per heavy atom. The van der Waals surface area contributed by atoms with Crippen LogP contribution in [0.3, 0.4) is 0 Å². The van der Waals surface area contributed by atoms with Gasteiger partial charge in [0.1, 0.15) is 6.23 Å². The number of rotatable bonds is 18. The van der Waals surface area contributed by atoms with E-state index in [2.05, 4.69) is 18.0 Å². The Morgan fingerprint density at radius 1 is 0.741 bits per heavy atom. The largest absolute Gasteiger partial charge is 0.398 e. The summed E-state index contributed by atoms with van der Waals surface area (Å²) in [4.78, 5) is 0. The first-order chi connectivity index (χ1) is 12.9. The van der Waals surface area contributed by atoms with Crippen LogP contribution in [0.25, 0.3) is 0 Å². The van der Waals surface area contributed by atoms with Gasteiger partial charge >= 0.3 is 10.4 Å². The van der Waals surface area contributed by atoms with Gasteiger partial charge in [-0.15, -0.1) is 0 Å². The summed E-state index contributed by atoms with van der Waals surface area (Å²) in [5, 5.41) is 8.42. The molecule has 1 unspecified atom stereocenters. The molecule has 7 heteroatoms. The molecule has 0 radical (unpaired) electrons. The summed E-state index contributed by atoms with van der Waals surface area (Å²) < 4.78 is 32.6. The number of aliphatic hydroxyl groups excluding tert-OH is 1. The predicted molar refractivity (Wildman–Crippen MR) is 113 cm³/mol. The molecule has 6 nitrogen and oxygen atoms in total. The molecule has 1 atom stereocenters. The van der Waals surface area contributed by atoms with Crippen molar-refractivity contribution in [3.8, 4) is 0 Å². The van der Waals surface area contributed by atoms with Crippen molar-refractivity contribution in [3.05, 3.63) is 0 Å². The number of unbranched alkanes of at least 4 members (excludes halogenated alkanes) is 13. The molecule has 0 heterocycles. The second-order valence-corrected chi connectivity index (χ2v) is 8.22. The Hall–Kier alpha value is -0.210. The van der Waals surface area contributed by atoms with Crippen LogP contribution in [0.4, 0.5) is 0 Å². The molecular formula is C20H45NO5S. The van der Waals surface area contributed by atoms with Crippen molar-refractivity contribution in [1.29, 1.82) is 0 Å². The van der Waals surface area contributed by atoms with E-state index in [9.17, 15) is 8.42 Å². The highest BCUT2D eigenvalue weighted by Gasteiger charge is 2.11. The molecule has 0 aromatic carbocycles. The van der Waals surface area contributed by atoms with Crippen molar-refractivity contribution in [3.63, 3.8) is 0 Å². The number of aliphatic hydroxyl groups is 1. The first kappa shape index (κ1) is 29.0. The minimum atomic E-state index is -4.44. The lowest BCUT2D eigenvalue weighted by Gasteiger charge is -2.08. The molecule has 0 aliphatic carbocycles. The van der Waals surface area contributed by atoms with Crippen LogP contribution in [-0.4, -0.2) is 30.9 Å². The van der Waals surface area contributed by atoms with E-state index < -0.39 is 16.6 Å². The Labute approximate surface area is 168 Å². The summed E-state index contributed by atoms with van der Waals surface area (Å²) in [5.41, 5.74) is 5.22. The predicted octanol–water partition coefficient (Wildman–Crippen LogP) is 5.35. The molecule has 0 saturated carbocycles. The van der Waals surface area contributed by atoms with Crippen LogP contribution < -0.4 is 5.73 Å². The van der Waals surface area contributed by atoms with E-state index in [4.69, 9.17) is 15.4 Å². The first-order valence-electron chi connectivity index (χ1n) is 10.9. The molecule has 0 bridgehead atoms. The first-order valence-corrected chi connectivity index (χ1v) is 12.3. The molecular weight excluding hydrogens is 366 g/mol. The maximum atomic E-state index is 10.1. The highest BCUT2D eigenvalue weighted by atomic mass is 32.3. The van der Waals surface area contributed by atoms with Gasteiger partial charge in [0.2, 0.25) is 0 Å². The fraction of sp³-hybridized carbons (Fsp3) is 1.00. The van der Waals surface area contributed by atoms with E-state index in [1.165, 1.54) is 77.0 Å². The topological polar surface area (TPSA) is 110 Å². The SMILES string of the molecule is CCCCCCCCCCCCCC.NC(CCCCCO)OS(=O)(=O)O. The van der Waals surface area contributed by atoms with Crippen molar-refractivity contribution in [2.45, 2.75) is 123 Å². The highest BCUT2D eigenvalue weighted by Crippen LogP contribution is 2.11. The van der Waals surface area contributed by atoms with Crippen molar-refractivity contribution in [1.82, 2.24) is 0 Å². The molecule has 0 rings (SSSR count). The number of hydrogen-bond acceptors (Lipinski definition) is 5. The van der Waals surface area contributed by atoms with Crippen LogP contribution in [0.1, 0.15) is 117 Å². The maximum Gasteiger partial charge on any atom is 0.398 e. The van der Waals surface area contributed by atoms with Gasteiger partial charge in [-0.1, -0.05) is 97.3 Å². The lowest BCUT2D eigenvalue weighted by molar-refractivity contribution is 0.174. The van der Waals surface area contributed by atoms with E-state index >= 15 is 0 Å². The van der Waals surface area contributed by atoms with Crippen molar-refractivity contribution >= 4 is 10.4 Å². The summed E-state index contributed by atoms with van der Waals surface area (Å²) in [6.07, 6.45) is 18.8. The zero-order valence-electron chi connectivity index (χ0n) is 17.7. The number of nitrogens with two attached hydrogens (primary N) is 1. The summed E-state index contributed by atoms with van der Waals surface area (Å²) >= 11 is 0.